The van der Waals surface area contributed by atoms with Crippen LogP contribution in [0.25, 0.3) is 16.5 Å². The van der Waals surface area contributed by atoms with Crippen molar-refractivity contribution in [2.24, 2.45) is 16.3 Å². The Bertz CT molecular complexity index is 1030. The van der Waals surface area contributed by atoms with Gasteiger partial charge in [-0.15, -0.1) is 0 Å². The predicted molar refractivity (Wildman–Crippen MR) is 114 cm³/mol. The van der Waals surface area contributed by atoms with Gasteiger partial charge < -0.3 is 5.11 Å². The van der Waals surface area contributed by atoms with Crippen molar-refractivity contribution >= 4 is 44.1 Å². The molecule has 2 fully saturated rings. The van der Waals surface area contributed by atoms with E-state index in [1.807, 2.05) is 19.1 Å². The smallest absolute Gasteiger partial charge is 0.310 e. The molecular weight excluding hydrogens is 418 g/mol. The first-order chi connectivity index (χ1) is 13.5. The van der Waals surface area contributed by atoms with Gasteiger partial charge in [-0.2, -0.15) is 0 Å². The van der Waals surface area contributed by atoms with Gasteiger partial charge in [0.15, 0.2) is 0 Å². The van der Waals surface area contributed by atoms with Gasteiger partial charge in [0, 0.05) is 18.2 Å². The minimum absolute atomic E-state index is 0.00657. The Balaban J connectivity index is 1.58. The predicted octanol–water partition coefficient (Wildman–Crippen LogP) is 4.05. The van der Waals surface area contributed by atoms with Crippen molar-refractivity contribution in [2.75, 3.05) is 6.54 Å². The molecule has 2 heterocycles. The first-order valence-corrected chi connectivity index (χ1v) is 10.6. The van der Waals surface area contributed by atoms with E-state index in [4.69, 9.17) is 4.99 Å². The minimum atomic E-state index is -0.703. The molecule has 2 aliphatic heterocycles. The van der Waals surface area contributed by atoms with E-state index in [1.54, 1.807) is 0 Å². The van der Waals surface area contributed by atoms with Crippen molar-refractivity contribution in [3.63, 3.8) is 0 Å². The molecule has 0 spiro atoms. The number of rotatable bonds is 4. The number of aliphatic imine (C=N–C) groups is 1. The quantitative estimate of drug-likeness (QED) is 0.705. The first-order valence-electron chi connectivity index (χ1n) is 9.72. The first kappa shape index (κ1) is 17.9. The monoisotopic (exact) mass is 439 g/mol. The topological polar surface area (TPSA) is 64.9 Å². The Morgan fingerprint density at radius 2 is 2.11 bits per heavy atom. The number of carboxylic acids is 1. The molecule has 2 aromatic rings. The number of carboxylic acid groups (broad SMARTS) is 1. The number of hydrogen-bond acceptors (Lipinski definition) is 4. The van der Waals surface area contributed by atoms with Crippen LogP contribution in [0.5, 0.6) is 0 Å². The molecule has 144 valence electrons. The van der Waals surface area contributed by atoms with E-state index < -0.39 is 11.4 Å². The summed E-state index contributed by atoms with van der Waals surface area (Å²) in [6, 6.07) is 14.8. The number of nitrogens with zero attached hydrogens (tertiary/aromatic N) is 2. The summed E-state index contributed by atoms with van der Waals surface area (Å²) in [6.45, 7) is 2.75. The number of benzene rings is 2. The van der Waals surface area contributed by atoms with Gasteiger partial charge in [-0.05, 0) is 41.3 Å². The molecule has 5 nitrogen and oxygen atoms in total. The Morgan fingerprint density at radius 3 is 2.82 bits per heavy atom. The van der Waals surface area contributed by atoms with E-state index in [2.05, 4.69) is 62.8 Å². The molecule has 28 heavy (non-hydrogen) atoms. The third-order valence-electron chi connectivity index (χ3n) is 6.40. The van der Waals surface area contributed by atoms with Gasteiger partial charge in [0.1, 0.15) is 6.17 Å². The summed E-state index contributed by atoms with van der Waals surface area (Å²) in [4.78, 5) is 17.0. The molecule has 0 radical (unpaired) electrons. The molecule has 1 saturated heterocycles. The number of halogens is 1. The normalized spacial score (nSPS) is 31.4. The molecule has 1 saturated carbocycles. The van der Waals surface area contributed by atoms with Crippen LogP contribution in [0.4, 0.5) is 0 Å². The van der Waals surface area contributed by atoms with Crippen molar-refractivity contribution < 1.29 is 9.90 Å². The second-order valence-corrected chi connectivity index (χ2v) is 9.06. The molecule has 0 amide bonds. The highest BCUT2D eigenvalue weighted by Gasteiger charge is 2.61. The van der Waals surface area contributed by atoms with Crippen LogP contribution < -0.4 is 5.43 Å². The molecule has 1 aliphatic carbocycles. The van der Waals surface area contributed by atoms with Crippen molar-refractivity contribution in [2.45, 2.75) is 30.8 Å². The van der Waals surface area contributed by atoms with Gasteiger partial charge in [0.25, 0.3) is 0 Å². The third kappa shape index (κ3) is 2.62. The lowest BCUT2D eigenvalue weighted by Crippen LogP contribution is -2.39. The Labute approximate surface area is 172 Å². The summed E-state index contributed by atoms with van der Waals surface area (Å²) in [5.41, 5.74) is 5.88. The van der Waals surface area contributed by atoms with Crippen molar-refractivity contribution in [1.82, 2.24) is 10.4 Å². The van der Waals surface area contributed by atoms with Crippen LogP contribution in [0.3, 0.4) is 0 Å². The van der Waals surface area contributed by atoms with E-state index in [1.165, 1.54) is 10.8 Å². The number of hydrogen-bond donors (Lipinski definition) is 2. The number of hydrazine groups is 1. The van der Waals surface area contributed by atoms with E-state index >= 15 is 0 Å². The van der Waals surface area contributed by atoms with Crippen LogP contribution >= 0.6 is 15.9 Å². The molecular formula is C22H22BrN3O2. The number of fused-ring (bicyclic) bond motifs is 2. The SMILES string of the molecule is CCC1(C(=O)O)CC1C1=NC2C(Br)CNN2C(c2ccc3ccccc3c2)=C1. The Morgan fingerprint density at radius 1 is 1.32 bits per heavy atom. The number of carbonyl (C=O) groups is 1. The number of nitrogens with one attached hydrogen (secondary N) is 1. The standard InChI is InChI=1S/C22H22BrN3O2/c1-2-22(21(27)28)11-16(22)18-10-19(26-20(25-18)17(23)12-24-26)15-8-7-13-5-3-4-6-14(13)9-15/h3-10,16-17,20,24H,2,11-12H2,1H3,(H,27,28). The molecule has 5 rings (SSSR count). The molecule has 4 atom stereocenters. The fourth-order valence-electron chi connectivity index (χ4n) is 4.55. The largest absolute Gasteiger partial charge is 0.481 e. The van der Waals surface area contributed by atoms with Crippen LogP contribution in [-0.2, 0) is 4.79 Å². The summed E-state index contributed by atoms with van der Waals surface area (Å²) in [7, 11) is 0. The van der Waals surface area contributed by atoms with Gasteiger partial charge in [-0.3, -0.25) is 14.8 Å². The maximum absolute atomic E-state index is 11.8. The van der Waals surface area contributed by atoms with Crippen LogP contribution in [0.1, 0.15) is 25.3 Å². The van der Waals surface area contributed by atoms with Crippen LogP contribution in [0, 0.1) is 11.3 Å². The highest BCUT2D eigenvalue weighted by molar-refractivity contribution is 9.09. The van der Waals surface area contributed by atoms with Crippen LogP contribution in [0.15, 0.2) is 53.5 Å². The minimum Gasteiger partial charge on any atom is -0.481 e. The molecule has 2 aromatic carbocycles. The maximum Gasteiger partial charge on any atom is 0.310 e. The van der Waals surface area contributed by atoms with E-state index in [-0.39, 0.29) is 16.9 Å². The zero-order valence-electron chi connectivity index (χ0n) is 15.6. The zero-order valence-corrected chi connectivity index (χ0v) is 17.2. The highest BCUT2D eigenvalue weighted by Crippen LogP contribution is 2.57. The van der Waals surface area contributed by atoms with E-state index in [0.717, 1.165) is 23.5 Å². The fourth-order valence-corrected chi connectivity index (χ4v) is 5.04. The van der Waals surface area contributed by atoms with E-state index in [0.29, 0.717) is 12.8 Å². The molecule has 3 aliphatic rings. The lowest BCUT2D eigenvalue weighted by atomic mass is 9.96. The zero-order chi connectivity index (χ0) is 19.5. The second-order valence-electron chi connectivity index (χ2n) is 7.88. The average Bonchev–Trinajstić information content (AvgIpc) is 3.37. The highest BCUT2D eigenvalue weighted by atomic mass is 79.9. The summed E-state index contributed by atoms with van der Waals surface area (Å²) in [5.74, 6) is -0.710. The van der Waals surface area contributed by atoms with Gasteiger partial charge in [-0.1, -0.05) is 59.3 Å². The molecule has 6 heteroatoms. The Kier molecular flexibility index (Phi) is 4.10. The van der Waals surface area contributed by atoms with E-state index in [9.17, 15) is 9.90 Å². The van der Waals surface area contributed by atoms with Gasteiger partial charge in [0.05, 0.1) is 15.9 Å². The molecule has 0 bridgehead atoms. The molecule has 0 aromatic heterocycles. The van der Waals surface area contributed by atoms with Gasteiger partial charge in [-0.25, -0.2) is 5.43 Å². The number of alkyl halides is 1. The molecule has 4 unspecified atom stereocenters. The van der Waals surface area contributed by atoms with Crippen molar-refractivity contribution in [3.8, 4) is 0 Å². The summed E-state index contributed by atoms with van der Waals surface area (Å²) < 4.78 is 0. The summed E-state index contributed by atoms with van der Waals surface area (Å²) in [6.07, 6.45) is 3.33. The van der Waals surface area contributed by atoms with Crippen molar-refractivity contribution in [1.29, 1.82) is 0 Å². The van der Waals surface area contributed by atoms with Crippen molar-refractivity contribution in [3.05, 3.63) is 54.1 Å². The Hall–Kier alpha value is -2.18. The molecule has 2 N–H and O–H groups in total. The van der Waals surface area contributed by atoms with Crippen LogP contribution in [-0.4, -0.2) is 39.3 Å². The fraction of sp³-hybridized carbons (Fsp3) is 0.364. The van der Waals surface area contributed by atoms with Gasteiger partial charge >= 0.3 is 5.97 Å². The average molecular weight is 440 g/mol. The number of aliphatic carboxylic acids is 1. The number of allylic oxidation sites excluding steroid dienone is 1. The summed E-state index contributed by atoms with van der Waals surface area (Å²) in [5, 5.41) is 14.3. The van der Waals surface area contributed by atoms with Crippen LogP contribution in [0.2, 0.25) is 0 Å². The second kappa shape index (κ2) is 6.42. The maximum atomic E-state index is 11.8. The van der Waals surface area contributed by atoms with Gasteiger partial charge in [0.2, 0.25) is 0 Å². The summed E-state index contributed by atoms with van der Waals surface area (Å²) >= 11 is 3.74. The lowest BCUT2D eigenvalue weighted by molar-refractivity contribution is -0.143. The third-order valence-corrected chi connectivity index (χ3v) is 7.20. The lowest BCUT2D eigenvalue weighted by Gasteiger charge is -2.32.